The van der Waals surface area contributed by atoms with Crippen molar-refractivity contribution in [3.8, 4) is 0 Å². The highest BCUT2D eigenvalue weighted by molar-refractivity contribution is 6.10. The standard InChI is InChI=1S/C24H25FN6O4/c25-18-14-35-7-2-20(18)30-13-15-10-19(21(11-16(15)24(30)33)29-5-8-34-9-6-29)28-23(32)17-12-27-31-4-1-3-26-22(17)31/h1,3-4,10-12,18,20H,2,5-9,13-14H2,(H,28,32)/t18-,20-/m0/s1. The number of nitrogens with one attached hydrogen (secondary N) is 1. The highest BCUT2D eigenvalue weighted by Gasteiger charge is 2.39. The lowest BCUT2D eigenvalue weighted by Gasteiger charge is -2.33. The first kappa shape index (κ1) is 21.9. The Hall–Kier alpha value is -3.57. The van der Waals surface area contributed by atoms with Crippen LogP contribution in [-0.2, 0) is 16.0 Å². The van der Waals surface area contributed by atoms with E-state index < -0.39 is 12.2 Å². The van der Waals surface area contributed by atoms with E-state index in [1.54, 1.807) is 23.4 Å². The number of halogens is 1. The number of alkyl halides is 1. The second-order valence-electron chi connectivity index (χ2n) is 8.91. The molecule has 3 aromatic rings. The first-order chi connectivity index (χ1) is 17.1. The van der Waals surface area contributed by atoms with Crippen molar-refractivity contribution < 1.29 is 23.5 Å². The average Bonchev–Trinajstić information content (AvgIpc) is 3.45. The maximum Gasteiger partial charge on any atom is 0.261 e. The van der Waals surface area contributed by atoms with Crippen LogP contribution in [0.25, 0.3) is 5.65 Å². The second-order valence-corrected chi connectivity index (χ2v) is 8.91. The molecule has 0 radical (unpaired) electrons. The maximum atomic E-state index is 14.6. The molecule has 5 heterocycles. The van der Waals surface area contributed by atoms with E-state index in [-0.39, 0.29) is 18.4 Å². The molecule has 3 aliphatic heterocycles. The van der Waals surface area contributed by atoms with E-state index in [1.165, 1.54) is 10.7 Å². The summed E-state index contributed by atoms with van der Waals surface area (Å²) in [6.45, 7) is 3.08. The number of ether oxygens (including phenoxy) is 2. The van der Waals surface area contributed by atoms with Gasteiger partial charge >= 0.3 is 0 Å². The van der Waals surface area contributed by atoms with Crippen molar-refractivity contribution in [2.24, 2.45) is 0 Å². The second kappa shape index (κ2) is 8.90. The van der Waals surface area contributed by atoms with Gasteiger partial charge in [-0.1, -0.05) is 0 Å². The summed E-state index contributed by atoms with van der Waals surface area (Å²) in [4.78, 5) is 34.5. The van der Waals surface area contributed by atoms with E-state index >= 15 is 0 Å². The SMILES string of the molecule is O=C(Nc1cc2c(cc1N1CCOCC1)C(=O)N([C@H]1CCOC[C@@H]1F)C2)c1cnn2cccnc12. The van der Waals surface area contributed by atoms with Crippen LogP contribution in [0, 0.1) is 0 Å². The molecule has 1 N–H and O–H groups in total. The van der Waals surface area contributed by atoms with Crippen molar-refractivity contribution in [1.82, 2.24) is 19.5 Å². The molecule has 0 aliphatic carbocycles. The molecule has 2 fully saturated rings. The van der Waals surface area contributed by atoms with E-state index in [0.717, 1.165) is 11.3 Å². The minimum Gasteiger partial charge on any atom is -0.378 e. The minimum absolute atomic E-state index is 0.00118. The highest BCUT2D eigenvalue weighted by Crippen LogP contribution is 2.37. The van der Waals surface area contributed by atoms with Crippen molar-refractivity contribution in [3.63, 3.8) is 0 Å². The molecule has 2 atom stereocenters. The van der Waals surface area contributed by atoms with Crippen LogP contribution in [0.2, 0.25) is 0 Å². The Kier molecular flexibility index (Phi) is 5.57. The Morgan fingerprint density at radius 3 is 2.86 bits per heavy atom. The van der Waals surface area contributed by atoms with E-state index in [0.29, 0.717) is 68.3 Å². The lowest BCUT2D eigenvalue weighted by atomic mass is 10.1. The van der Waals surface area contributed by atoms with E-state index in [1.807, 2.05) is 12.1 Å². The first-order valence-corrected chi connectivity index (χ1v) is 11.7. The maximum absolute atomic E-state index is 14.6. The topological polar surface area (TPSA) is 101 Å². The Balaban J connectivity index is 1.35. The fourth-order valence-electron chi connectivity index (χ4n) is 5.03. The fraction of sp³-hybridized carbons (Fsp3) is 0.417. The molecule has 0 saturated carbocycles. The molecule has 0 unspecified atom stereocenters. The number of nitrogens with zero attached hydrogens (tertiary/aromatic N) is 5. The summed E-state index contributed by atoms with van der Waals surface area (Å²) in [5.41, 5.74) is 3.43. The normalized spacial score (nSPS) is 22.5. The summed E-state index contributed by atoms with van der Waals surface area (Å²) >= 11 is 0. The van der Waals surface area contributed by atoms with Gasteiger partial charge in [-0.15, -0.1) is 0 Å². The number of rotatable bonds is 4. The van der Waals surface area contributed by atoms with Crippen LogP contribution in [0.5, 0.6) is 0 Å². The van der Waals surface area contributed by atoms with Crippen LogP contribution in [0.1, 0.15) is 32.7 Å². The van der Waals surface area contributed by atoms with Crippen molar-refractivity contribution in [2.45, 2.75) is 25.2 Å². The van der Waals surface area contributed by atoms with Gasteiger partial charge in [0, 0.05) is 44.2 Å². The molecule has 10 nitrogen and oxygen atoms in total. The number of hydrogen-bond donors (Lipinski definition) is 1. The van der Waals surface area contributed by atoms with Crippen LogP contribution in [0.15, 0.2) is 36.8 Å². The van der Waals surface area contributed by atoms with Gasteiger partial charge in [-0.2, -0.15) is 5.10 Å². The molecule has 2 amide bonds. The molecule has 6 rings (SSSR count). The molecule has 2 saturated heterocycles. The minimum atomic E-state index is -1.22. The highest BCUT2D eigenvalue weighted by atomic mass is 19.1. The summed E-state index contributed by atoms with van der Waals surface area (Å²) in [6, 6.07) is 4.88. The fourth-order valence-corrected chi connectivity index (χ4v) is 5.03. The van der Waals surface area contributed by atoms with Crippen LogP contribution < -0.4 is 10.2 Å². The third-order valence-electron chi connectivity index (χ3n) is 6.83. The molecule has 1 aromatic carbocycles. The van der Waals surface area contributed by atoms with Crippen molar-refractivity contribution in [3.05, 3.63) is 53.5 Å². The molecule has 182 valence electrons. The average molecular weight is 481 g/mol. The molecular weight excluding hydrogens is 455 g/mol. The van der Waals surface area contributed by atoms with Gasteiger partial charge in [0.2, 0.25) is 0 Å². The third-order valence-corrected chi connectivity index (χ3v) is 6.83. The summed E-state index contributed by atoms with van der Waals surface area (Å²) in [5.74, 6) is -0.531. The number of hydrogen-bond acceptors (Lipinski definition) is 7. The number of fused-ring (bicyclic) bond motifs is 2. The zero-order valence-corrected chi connectivity index (χ0v) is 19.0. The van der Waals surface area contributed by atoms with E-state index in [2.05, 4.69) is 20.3 Å². The number of carbonyl (C=O) groups is 2. The van der Waals surface area contributed by atoms with Crippen molar-refractivity contribution in [1.29, 1.82) is 0 Å². The predicted octanol–water partition coefficient (Wildman–Crippen LogP) is 1.90. The van der Waals surface area contributed by atoms with Gasteiger partial charge in [-0.3, -0.25) is 9.59 Å². The van der Waals surface area contributed by atoms with Gasteiger partial charge in [0.05, 0.1) is 43.4 Å². The monoisotopic (exact) mass is 480 g/mol. The Morgan fingerprint density at radius 2 is 2.03 bits per heavy atom. The quantitative estimate of drug-likeness (QED) is 0.609. The number of aromatic nitrogens is 3. The third kappa shape index (κ3) is 3.90. The summed E-state index contributed by atoms with van der Waals surface area (Å²) < 4.78 is 26.8. The summed E-state index contributed by atoms with van der Waals surface area (Å²) in [5, 5.41) is 7.21. The van der Waals surface area contributed by atoms with Gasteiger partial charge in [0.15, 0.2) is 5.65 Å². The molecule has 35 heavy (non-hydrogen) atoms. The van der Waals surface area contributed by atoms with Crippen molar-refractivity contribution >= 4 is 28.8 Å². The van der Waals surface area contributed by atoms with Gasteiger partial charge in [0.25, 0.3) is 11.8 Å². The van der Waals surface area contributed by atoms with Gasteiger partial charge < -0.3 is 24.6 Å². The lowest BCUT2D eigenvalue weighted by molar-refractivity contribution is -0.0216. The largest absolute Gasteiger partial charge is 0.378 e. The molecular formula is C24H25FN6O4. The van der Waals surface area contributed by atoms with Gasteiger partial charge in [-0.05, 0) is 30.2 Å². The summed E-state index contributed by atoms with van der Waals surface area (Å²) in [7, 11) is 0. The van der Waals surface area contributed by atoms with Crippen molar-refractivity contribution in [2.75, 3.05) is 49.7 Å². The Bertz CT molecular complexity index is 1290. The first-order valence-electron chi connectivity index (χ1n) is 11.7. The van der Waals surface area contributed by atoms with Crippen LogP contribution in [0.4, 0.5) is 15.8 Å². The van der Waals surface area contributed by atoms with Crippen LogP contribution in [0.3, 0.4) is 0 Å². The Labute approximate surface area is 200 Å². The summed E-state index contributed by atoms with van der Waals surface area (Å²) in [6.07, 6.45) is 4.06. The zero-order chi connectivity index (χ0) is 23.9. The number of carbonyl (C=O) groups excluding carboxylic acids is 2. The number of morpholine rings is 1. The van der Waals surface area contributed by atoms with Gasteiger partial charge in [0.1, 0.15) is 11.7 Å². The number of benzene rings is 1. The van der Waals surface area contributed by atoms with E-state index in [9.17, 15) is 14.0 Å². The molecule has 3 aliphatic rings. The van der Waals surface area contributed by atoms with Crippen LogP contribution >= 0.6 is 0 Å². The van der Waals surface area contributed by atoms with Gasteiger partial charge in [-0.25, -0.2) is 13.9 Å². The van der Waals surface area contributed by atoms with E-state index in [4.69, 9.17) is 9.47 Å². The molecule has 0 spiro atoms. The molecule has 11 heteroatoms. The number of amides is 2. The molecule has 2 aromatic heterocycles. The Morgan fingerprint density at radius 1 is 1.17 bits per heavy atom. The smallest absolute Gasteiger partial charge is 0.261 e. The lowest BCUT2D eigenvalue weighted by Crippen LogP contribution is -2.47. The molecule has 0 bridgehead atoms. The zero-order valence-electron chi connectivity index (χ0n) is 19.0. The predicted molar refractivity (Wildman–Crippen MR) is 124 cm³/mol. The number of anilines is 2. The van der Waals surface area contributed by atoms with Crippen LogP contribution in [-0.4, -0.2) is 83.0 Å².